The van der Waals surface area contributed by atoms with Crippen LogP contribution in [0, 0.1) is 6.92 Å². The van der Waals surface area contributed by atoms with Crippen LogP contribution in [0.25, 0.3) is 11.5 Å². The molecule has 0 spiro atoms. The van der Waals surface area contributed by atoms with Crippen LogP contribution < -0.4 is 21.5 Å². The molecular weight excluding hydrogens is 422 g/mol. The SMILES string of the molecule is CNc1cc(Nc2cccn(-c3cc(C)nn3C)c2=O)nc2c(C(=O)NC3CCC3)cnn12. The molecule has 170 valence electrons. The van der Waals surface area contributed by atoms with E-state index in [-0.39, 0.29) is 17.5 Å². The van der Waals surface area contributed by atoms with Gasteiger partial charge in [-0.25, -0.2) is 4.98 Å². The van der Waals surface area contributed by atoms with Crippen LogP contribution in [0.3, 0.4) is 0 Å². The Morgan fingerprint density at radius 2 is 2.06 bits per heavy atom. The molecule has 1 aliphatic carbocycles. The van der Waals surface area contributed by atoms with Crippen molar-refractivity contribution in [3.8, 4) is 5.82 Å². The number of carbonyl (C=O) groups is 1. The summed E-state index contributed by atoms with van der Waals surface area (Å²) < 4.78 is 4.75. The molecule has 0 atom stereocenters. The summed E-state index contributed by atoms with van der Waals surface area (Å²) in [5.41, 5.74) is 1.70. The zero-order valence-electron chi connectivity index (χ0n) is 18.7. The van der Waals surface area contributed by atoms with Crippen molar-refractivity contribution in [1.82, 2.24) is 34.3 Å². The summed E-state index contributed by atoms with van der Waals surface area (Å²) in [7, 11) is 3.55. The summed E-state index contributed by atoms with van der Waals surface area (Å²) in [6, 6.07) is 7.25. The van der Waals surface area contributed by atoms with E-state index in [1.807, 2.05) is 13.0 Å². The van der Waals surface area contributed by atoms with Crippen molar-refractivity contribution in [3.63, 3.8) is 0 Å². The number of hydrogen-bond acceptors (Lipinski definition) is 7. The zero-order chi connectivity index (χ0) is 23.1. The lowest BCUT2D eigenvalue weighted by Crippen LogP contribution is -2.39. The highest BCUT2D eigenvalue weighted by Gasteiger charge is 2.23. The van der Waals surface area contributed by atoms with E-state index in [1.54, 1.807) is 47.7 Å². The van der Waals surface area contributed by atoms with Crippen LogP contribution in [0.1, 0.15) is 35.3 Å². The predicted octanol–water partition coefficient (Wildman–Crippen LogP) is 1.99. The summed E-state index contributed by atoms with van der Waals surface area (Å²) >= 11 is 0. The van der Waals surface area contributed by atoms with E-state index < -0.39 is 0 Å². The van der Waals surface area contributed by atoms with Gasteiger partial charge in [0.05, 0.1) is 11.9 Å². The summed E-state index contributed by atoms with van der Waals surface area (Å²) in [4.78, 5) is 30.5. The number of aromatic nitrogens is 6. The fraction of sp³-hybridized carbons (Fsp3) is 0.318. The average Bonchev–Trinajstić information content (AvgIpc) is 3.34. The summed E-state index contributed by atoms with van der Waals surface area (Å²) in [6.07, 6.45) is 6.32. The second kappa shape index (κ2) is 8.08. The first-order valence-corrected chi connectivity index (χ1v) is 10.8. The predicted molar refractivity (Wildman–Crippen MR) is 124 cm³/mol. The molecule has 5 rings (SSSR count). The third kappa shape index (κ3) is 3.71. The molecule has 1 aliphatic rings. The largest absolute Gasteiger partial charge is 0.373 e. The van der Waals surface area contributed by atoms with Crippen LogP contribution >= 0.6 is 0 Å². The van der Waals surface area contributed by atoms with Gasteiger partial charge in [-0.15, -0.1) is 0 Å². The van der Waals surface area contributed by atoms with Gasteiger partial charge in [-0.1, -0.05) is 0 Å². The van der Waals surface area contributed by atoms with Crippen LogP contribution in [0.4, 0.5) is 17.3 Å². The van der Waals surface area contributed by atoms with Gasteiger partial charge in [0.15, 0.2) is 5.65 Å². The molecule has 4 heterocycles. The Kier molecular flexibility index (Phi) is 5.08. The first-order valence-electron chi connectivity index (χ1n) is 10.8. The highest BCUT2D eigenvalue weighted by atomic mass is 16.2. The molecule has 1 saturated carbocycles. The number of aryl methyl sites for hydroxylation is 2. The third-order valence-electron chi connectivity index (χ3n) is 5.85. The number of nitrogens with zero attached hydrogens (tertiary/aromatic N) is 6. The minimum Gasteiger partial charge on any atom is -0.373 e. The third-order valence-corrected chi connectivity index (χ3v) is 5.85. The van der Waals surface area contributed by atoms with Crippen molar-refractivity contribution < 1.29 is 4.79 Å². The van der Waals surface area contributed by atoms with Gasteiger partial charge in [0.25, 0.3) is 11.5 Å². The topological polar surface area (TPSA) is 123 Å². The molecule has 0 radical (unpaired) electrons. The lowest BCUT2D eigenvalue weighted by molar-refractivity contribution is 0.0918. The summed E-state index contributed by atoms with van der Waals surface area (Å²) in [5, 5.41) is 17.8. The van der Waals surface area contributed by atoms with E-state index >= 15 is 0 Å². The first-order chi connectivity index (χ1) is 15.9. The van der Waals surface area contributed by atoms with Crippen molar-refractivity contribution in [2.75, 3.05) is 17.7 Å². The minimum absolute atomic E-state index is 0.199. The quantitative estimate of drug-likeness (QED) is 0.413. The number of amides is 1. The van der Waals surface area contributed by atoms with E-state index in [0.29, 0.717) is 34.4 Å². The average molecular weight is 448 g/mol. The number of pyridine rings is 1. The van der Waals surface area contributed by atoms with Crippen molar-refractivity contribution >= 4 is 28.9 Å². The zero-order valence-corrected chi connectivity index (χ0v) is 18.7. The molecule has 4 aromatic heterocycles. The van der Waals surface area contributed by atoms with E-state index in [9.17, 15) is 9.59 Å². The van der Waals surface area contributed by atoms with Gasteiger partial charge in [0, 0.05) is 38.5 Å². The standard InChI is InChI=1S/C22H25N9O2/c1-13-10-19(29(3)28-13)30-9-5-8-16(22(30)33)26-17-11-18(23-2)31-20(27-17)15(12-24-31)21(32)25-14-6-4-7-14/h5,8-12,14,23H,4,6-7H2,1-3H3,(H,25,32)(H,26,27). The normalized spacial score (nSPS) is 13.7. The molecule has 0 unspecified atom stereocenters. The highest BCUT2D eigenvalue weighted by molar-refractivity contribution is 6.00. The van der Waals surface area contributed by atoms with Gasteiger partial charge in [0.1, 0.15) is 28.7 Å². The van der Waals surface area contributed by atoms with E-state index in [2.05, 4.69) is 31.1 Å². The van der Waals surface area contributed by atoms with E-state index in [4.69, 9.17) is 0 Å². The smallest absolute Gasteiger partial charge is 0.279 e. The molecule has 11 heteroatoms. The van der Waals surface area contributed by atoms with Gasteiger partial charge in [-0.2, -0.15) is 14.7 Å². The van der Waals surface area contributed by atoms with Gasteiger partial charge < -0.3 is 16.0 Å². The molecule has 0 saturated heterocycles. The number of anilines is 3. The molecule has 0 aliphatic heterocycles. The molecule has 0 aromatic carbocycles. The molecular formula is C22H25N9O2. The lowest BCUT2D eigenvalue weighted by atomic mass is 9.93. The number of carbonyl (C=O) groups excluding carboxylic acids is 1. The van der Waals surface area contributed by atoms with Crippen LogP contribution in [-0.4, -0.2) is 47.9 Å². The van der Waals surface area contributed by atoms with Crippen LogP contribution in [-0.2, 0) is 7.05 Å². The fourth-order valence-electron chi connectivity index (χ4n) is 3.91. The van der Waals surface area contributed by atoms with Crippen molar-refractivity contribution in [1.29, 1.82) is 0 Å². The Balaban J connectivity index is 1.52. The number of fused-ring (bicyclic) bond motifs is 1. The molecule has 33 heavy (non-hydrogen) atoms. The van der Waals surface area contributed by atoms with E-state index in [1.165, 1.54) is 10.8 Å². The van der Waals surface area contributed by atoms with Crippen molar-refractivity contribution in [2.45, 2.75) is 32.2 Å². The van der Waals surface area contributed by atoms with E-state index in [0.717, 1.165) is 25.0 Å². The Morgan fingerprint density at radius 1 is 1.24 bits per heavy atom. The van der Waals surface area contributed by atoms with Crippen LogP contribution in [0.15, 0.2) is 41.5 Å². The Bertz CT molecular complexity index is 1410. The van der Waals surface area contributed by atoms with Crippen LogP contribution in [0.2, 0.25) is 0 Å². The van der Waals surface area contributed by atoms with Gasteiger partial charge in [-0.3, -0.25) is 18.8 Å². The Labute approximate surface area is 189 Å². The number of rotatable bonds is 6. The van der Waals surface area contributed by atoms with Crippen molar-refractivity contribution in [2.24, 2.45) is 7.05 Å². The monoisotopic (exact) mass is 447 g/mol. The maximum Gasteiger partial charge on any atom is 0.279 e. The lowest BCUT2D eigenvalue weighted by Gasteiger charge is -2.26. The fourth-order valence-corrected chi connectivity index (χ4v) is 3.91. The molecule has 0 bridgehead atoms. The van der Waals surface area contributed by atoms with Gasteiger partial charge in [0.2, 0.25) is 0 Å². The Hall–Kier alpha value is -4.15. The minimum atomic E-state index is -0.246. The highest BCUT2D eigenvalue weighted by Crippen LogP contribution is 2.23. The maximum absolute atomic E-state index is 13.2. The van der Waals surface area contributed by atoms with Crippen molar-refractivity contribution in [3.05, 3.63) is 58.3 Å². The summed E-state index contributed by atoms with van der Waals surface area (Å²) in [6.45, 7) is 1.87. The number of hydrogen-bond donors (Lipinski definition) is 3. The molecule has 1 fully saturated rings. The molecule has 11 nitrogen and oxygen atoms in total. The first kappa shape index (κ1) is 20.7. The maximum atomic E-state index is 13.2. The Morgan fingerprint density at radius 3 is 2.73 bits per heavy atom. The molecule has 1 amide bonds. The molecule has 4 aromatic rings. The number of nitrogens with one attached hydrogen (secondary N) is 3. The second-order valence-corrected chi connectivity index (χ2v) is 8.16. The molecule has 3 N–H and O–H groups in total. The summed E-state index contributed by atoms with van der Waals surface area (Å²) in [5.74, 6) is 1.51. The van der Waals surface area contributed by atoms with Gasteiger partial charge >= 0.3 is 0 Å². The van der Waals surface area contributed by atoms with Gasteiger partial charge in [-0.05, 0) is 38.3 Å². The van der Waals surface area contributed by atoms with Crippen LogP contribution in [0.5, 0.6) is 0 Å². The second-order valence-electron chi connectivity index (χ2n) is 8.16.